The summed E-state index contributed by atoms with van der Waals surface area (Å²) in [6.07, 6.45) is 4.06. The third-order valence-corrected chi connectivity index (χ3v) is 5.06. The summed E-state index contributed by atoms with van der Waals surface area (Å²) in [7, 11) is 0. The van der Waals surface area contributed by atoms with E-state index in [0.29, 0.717) is 12.5 Å². The van der Waals surface area contributed by atoms with Gasteiger partial charge in [-0.1, -0.05) is 6.07 Å². The van der Waals surface area contributed by atoms with E-state index in [4.69, 9.17) is 0 Å². The normalized spacial score (nSPS) is 14.4. The number of nitrogens with one attached hydrogen (secondary N) is 1. The minimum absolute atomic E-state index is 0.219. The lowest BCUT2D eigenvalue weighted by atomic mass is 10.1. The predicted octanol–water partition coefficient (Wildman–Crippen LogP) is 3.68. The second-order valence-electron chi connectivity index (χ2n) is 6.49. The minimum Gasteiger partial charge on any atom is -0.388 e. The molecule has 3 aromatic rings. The lowest BCUT2D eigenvalue weighted by molar-refractivity contribution is 0.157. The van der Waals surface area contributed by atoms with Crippen molar-refractivity contribution in [2.75, 3.05) is 0 Å². The summed E-state index contributed by atoms with van der Waals surface area (Å²) in [5, 5.41) is 21.1. The molecule has 2 N–H and O–H groups in total. The molecule has 0 fully saturated rings. The second kappa shape index (κ2) is 7.42. The molecule has 0 saturated carbocycles. The van der Waals surface area contributed by atoms with Crippen LogP contribution < -0.4 is 5.32 Å². The lowest BCUT2D eigenvalue weighted by Crippen LogP contribution is -2.27. The Balaban J connectivity index is 1.59. The highest BCUT2D eigenvalue weighted by atomic mass is 32.1. The smallest absolute Gasteiger partial charge is 0.157 e. The van der Waals surface area contributed by atoms with Gasteiger partial charge in [0.1, 0.15) is 0 Å². The fraction of sp³-hybridized carbons (Fsp3) is 0.444. The van der Waals surface area contributed by atoms with Crippen molar-refractivity contribution < 1.29 is 5.11 Å². The van der Waals surface area contributed by atoms with Crippen LogP contribution in [0.5, 0.6) is 0 Å². The van der Waals surface area contributed by atoms with Crippen LogP contribution in [-0.2, 0) is 6.54 Å². The lowest BCUT2D eigenvalue weighted by Gasteiger charge is -2.17. The third-order valence-electron chi connectivity index (χ3n) is 4.08. The number of nitrogens with zero attached hydrogens (tertiary/aromatic N) is 3. The van der Waals surface area contributed by atoms with Gasteiger partial charge in [-0.3, -0.25) is 0 Å². The quantitative estimate of drug-likeness (QED) is 0.686. The fourth-order valence-electron chi connectivity index (χ4n) is 2.77. The molecular weight excluding hydrogens is 320 g/mol. The molecule has 0 aliphatic heterocycles. The van der Waals surface area contributed by atoms with Gasteiger partial charge >= 0.3 is 0 Å². The molecule has 0 radical (unpaired) electrons. The summed E-state index contributed by atoms with van der Waals surface area (Å²) >= 11 is 1.60. The number of hydrogen-bond donors (Lipinski definition) is 2. The largest absolute Gasteiger partial charge is 0.388 e. The van der Waals surface area contributed by atoms with E-state index in [-0.39, 0.29) is 6.04 Å². The number of fused-ring (bicyclic) bond motifs is 1. The Bertz CT molecular complexity index is 782. The number of hydrogen-bond acceptors (Lipinski definition) is 5. The summed E-state index contributed by atoms with van der Waals surface area (Å²) in [5.41, 5.74) is 2.05. The first-order valence-electron chi connectivity index (χ1n) is 8.31. The van der Waals surface area contributed by atoms with Crippen LogP contribution in [0.25, 0.3) is 11.0 Å². The zero-order valence-electron chi connectivity index (χ0n) is 14.3. The first kappa shape index (κ1) is 17.1. The van der Waals surface area contributed by atoms with E-state index in [1.165, 1.54) is 0 Å². The van der Waals surface area contributed by atoms with E-state index in [1.807, 2.05) is 34.6 Å². The number of aliphatic hydroxyl groups is 1. The van der Waals surface area contributed by atoms with Crippen LogP contribution >= 0.6 is 11.3 Å². The Morgan fingerprint density at radius 1 is 1.29 bits per heavy atom. The van der Waals surface area contributed by atoms with Gasteiger partial charge in [0, 0.05) is 35.1 Å². The standard InChI is InChI=1S/C18H24N4OS/c1-12(2)22-18-15(11-21-22)8-14(10-20-18)9-19-13(3)7-16(23)17-5-4-6-24-17/h4-6,8,10-13,16,19,23H,7,9H2,1-3H3. The van der Waals surface area contributed by atoms with Crippen LogP contribution in [0, 0.1) is 0 Å². The summed E-state index contributed by atoms with van der Waals surface area (Å²) in [4.78, 5) is 5.58. The second-order valence-corrected chi connectivity index (χ2v) is 7.47. The fourth-order valence-corrected chi connectivity index (χ4v) is 3.49. The molecule has 0 spiro atoms. The van der Waals surface area contributed by atoms with Gasteiger partial charge in [0.15, 0.2) is 5.65 Å². The molecule has 2 atom stereocenters. The number of pyridine rings is 1. The van der Waals surface area contributed by atoms with Gasteiger partial charge in [0.2, 0.25) is 0 Å². The average molecular weight is 344 g/mol. The summed E-state index contributed by atoms with van der Waals surface area (Å²) in [6, 6.07) is 6.60. The molecule has 0 aliphatic carbocycles. The monoisotopic (exact) mass is 344 g/mol. The first-order chi connectivity index (χ1) is 11.5. The van der Waals surface area contributed by atoms with Gasteiger partial charge < -0.3 is 10.4 Å². The molecule has 0 aliphatic rings. The Morgan fingerprint density at radius 2 is 2.12 bits per heavy atom. The molecular formula is C18H24N4OS. The maximum atomic E-state index is 10.2. The molecule has 2 unspecified atom stereocenters. The Morgan fingerprint density at radius 3 is 2.83 bits per heavy atom. The highest BCUT2D eigenvalue weighted by Gasteiger charge is 2.13. The van der Waals surface area contributed by atoms with Crippen molar-refractivity contribution in [1.29, 1.82) is 0 Å². The topological polar surface area (TPSA) is 63.0 Å². The molecule has 0 aromatic carbocycles. The highest BCUT2D eigenvalue weighted by Crippen LogP contribution is 2.23. The van der Waals surface area contributed by atoms with E-state index >= 15 is 0 Å². The molecule has 24 heavy (non-hydrogen) atoms. The van der Waals surface area contributed by atoms with Crippen molar-refractivity contribution in [3.63, 3.8) is 0 Å². The molecule has 0 bridgehead atoms. The van der Waals surface area contributed by atoms with Crippen molar-refractivity contribution in [3.05, 3.63) is 46.4 Å². The van der Waals surface area contributed by atoms with E-state index in [9.17, 15) is 5.11 Å². The van der Waals surface area contributed by atoms with Crippen molar-refractivity contribution in [1.82, 2.24) is 20.1 Å². The van der Waals surface area contributed by atoms with Crippen molar-refractivity contribution >= 4 is 22.4 Å². The molecule has 3 rings (SSSR count). The Labute approximate surface area is 146 Å². The number of aromatic nitrogens is 3. The molecule has 3 aromatic heterocycles. The number of rotatable bonds is 7. The minimum atomic E-state index is -0.405. The average Bonchev–Trinajstić information content (AvgIpc) is 3.21. The van der Waals surface area contributed by atoms with Crippen molar-refractivity contribution in [3.8, 4) is 0 Å². The Hall–Kier alpha value is -1.76. The molecule has 0 saturated heterocycles. The van der Waals surface area contributed by atoms with E-state index in [2.05, 4.69) is 42.2 Å². The third kappa shape index (κ3) is 3.83. The molecule has 6 heteroatoms. The number of thiophene rings is 1. The summed E-state index contributed by atoms with van der Waals surface area (Å²) < 4.78 is 1.94. The maximum Gasteiger partial charge on any atom is 0.157 e. The van der Waals surface area contributed by atoms with Gasteiger partial charge in [-0.25, -0.2) is 9.67 Å². The van der Waals surface area contributed by atoms with Crippen LogP contribution in [0.2, 0.25) is 0 Å². The summed E-state index contributed by atoms with van der Waals surface area (Å²) in [5.74, 6) is 0. The maximum absolute atomic E-state index is 10.2. The van der Waals surface area contributed by atoms with Gasteiger partial charge in [0.05, 0.1) is 12.3 Å². The van der Waals surface area contributed by atoms with Crippen molar-refractivity contribution in [2.45, 2.75) is 51.9 Å². The van der Waals surface area contributed by atoms with E-state index in [1.54, 1.807) is 11.3 Å². The van der Waals surface area contributed by atoms with E-state index < -0.39 is 6.10 Å². The SMILES string of the molecule is CC(CC(O)c1cccs1)NCc1cnc2c(cnn2C(C)C)c1. The zero-order valence-corrected chi connectivity index (χ0v) is 15.1. The number of aliphatic hydroxyl groups excluding tert-OH is 1. The van der Waals surface area contributed by atoms with Crippen molar-refractivity contribution in [2.24, 2.45) is 0 Å². The highest BCUT2D eigenvalue weighted by molar-refractivity contribution is 7.10. The molecule has 0 amide bonds. The van der Waals surface area contributed by atoms with Gasteiger partial charge in [-0.2, -0.15) is 5.10 Å². The van der Waals surface area contributed by atoms with Crippen LogP contribution in [0.1, 0.15) is 49.8 Å². The predicted molar refractivity (Wildman–Crippen MR) is 98.1 cm³/mol. The van der Waals surface area contributed by atoms with Crippen LogP contribution in [0.3, 0.4) is 0 Å². The first-order valence-corrected chi connectivity index (χ1v) is 9.19. The summed E-state index contributed by atoms with van der Waals surface area (Å²) in [6.45, 7) is 7.03. The molecule has 5 nitrogen and oxygen atoms in total. The van der Waals surface area contributed by atoms with Crippen LogP contribution in [-0.4, -0.2) is 25.9 Å². The van der Waals surface area contributed by atoms with Gasteiger partial charge in [-0.05, 0) is 50.3 Å². The Kier molecular flexibility index (Phi) is 5.28. The van der Waals surface area contributed by atoms with E-state index in [0.717, 1.165) is 28.0 Å². The van der Waals surface area contributed by atoms with Crippen LogP contribution in [0.4, 0.5) is 0 Å². The van der Waals surface area contributed by atoms with Gasteiger partial charge in [-0.15, -0.1) is 11.3 Å². The molecule has 128 valence electrons. The zero-order chi connectivity index (χ0) is 17.1. The molecule has 3 heterocycles. The van der Waals surface area contributed by atoms with Crippen LogP contribution in [0.15, 0.2) is 36.0 Å². The van der Waals surface area contributed by atoms with Gasteiger partial charge in [0.25, 0.3) is 0 Å².